The molecule has 1 aliphatic rings. The summed E-state index contributed by atoms with van der Waals surface area (Å²) in [6.45, 7) is 2.32. The van der Waals surface area contributed by atoms with Gasteiger partial charge in [0, 0.05) is 19.0 Å². The van der Waals surface area contributed by atoms with Crippen LogP contribution >= 0.6 is 0 Å². The Kier molecular flexibility index (Phi) is 4.81. The smallest absolute Gasteiger partial charge is 0.303 e. The first-order valence-corrected chi connectivity index (χ1v) is 6.62. The van der Waals surface area contributed by atoms with Gasteiger partial charge in [-0.2, -0.15) is 0 Å². The van der Waals surface area contributed by atoms with Gasteiger partial charge in [0.1, 0.15) is 0 Å². The van der Waals surface area contributed by atoms with Crippen molar-refractivity contribution in [3.63, 3.8) is 0 Å². The van der Waals surface area contributed by atoms with Gasteiger partial charge in [0.05, 0.1) is 0 Å². The topological polar surface area (TPSA) is 84.9 Å². The van der Waals surface area contributed by atoms with E-state index in [0.717, 1.165) is 5.56 Å². The van der Waals surface area contributed by atoms with Gasteiger partial charge in [-0.3, -0.25) is 9.59 Å². The average molecular weight is 291 g/mol. The molecule has 1 aromatic rings. The van der Waals surface area contributed by atoms with E-state index in [1.165, 1.54) is 6.08 Å². The molecular formula is C15H17NO5. The molecule has 1 amide bonds. The number of amides is 1. The zero-order chi connectivity index (χ0) is 15.2. The second kappa shape index (κ2) is 6.78. The van der Waals surface area contributed by atoms with E-state index in [4.69, 9.17) is 14.6 Å². The minimum Gasteiger partial charge on any atom is -0.481 e. The Morgan fingerprint density at radius 2 is 2.14 bits per heavy atom. The number of rotatable bonds is 6. The highest BCUT2D eigenvalue weighted by atomic mass is 16.7. The summed E-state index contributed by atoms with van der Waals surface area (Å²) in [5, 5.41) is 11.3. The van der Waals surface area contributed by atoms with E-state index in [0.29, 0.717) is 18.0 Å². The fourth-order valence-electron chi connectivity index (χ4n) is 1.89. The van der Waals surface area contributed by atoms with Crippen LogP contribution in [0.3, 0.4) is 0 Å². The molecule has 0 radical (unpaired) electrons. The number of fused-ring (bicyclic) bond motifs is 1. The van der Waals surface area contributed by atoms with Crippen molar-refractivity contribution in [3.05, 3.63) is 29.8 Å². The Balaban J connectivity index is 1.83. The molecular weight excluding hydrogens is 274 g/mol. The highest BCUT2D eigenvalue weighted by Crippen LogP contribution is 2.32. The zero-order valence-corrected chi connectivity index (χ0v) is 11.7. The molecule has 0 aromatic heterocycles. The van der Waals surface area contributed by atoms with Crippen LogP contribution in [0.2, 0.25) is 0 Å². The minimum atomic E-state index is -0.868. The monoisotopic (exact) mass is 291 g/mol. The van der Waals surface area contributed by atoms with Gasteiger partial charge in [-0.1, -0.05) is 13.0 Å². The van der Waals surface area contributed by atoms with Crippen LogP contribution in [-0.2, 0) is 9.59 Å². The molecule has 21 heavy (non-hydrogen) atoms. The predicted molar refractivity (Wildman–Crippen MR) is 76.0 cm³/mol. The molecule has 1 unspecified atom stereocenters. The van der Waals surface area contributed by atoms with Crippen LogP contribution in [-0.4, -0.2) is 30.3 Å². The molecule has 1 heterocycles. The zero-order valence-electron chi connectivity index (χ0n) is 11.7. The number of ether oxygens (including phenoxy) is 2. The van der Waals surface area contributed by atoms with Gasteiger partial charge in [0.25, 0.3) is 0 Å². The summed E-state index contributed by atoms with van der Waals surface area (Å²) < 4.78 is 10.5. The summed E-state index contributed by atoms with van der Waals surface area (Å²) in [5.41, 5.74) is 0.827. The van der Waals surface area contributed by atoms with Crippen molar-refractivity contribution in [2.24, 2.45) is 5.92 Å². The van der Waals surface area contributed by atoms with E-state index in [2.05, 4.69) is 5.32 Å². The number of carboxylic acid groups (broad SMARTS) is 1. The normalized spacial score (nSPS) is 14.1. The van der Waals surface area contributed by atoms with Crippen LogP contribution in [0.4, 0.5) is 0 Å². The number of carbonyl (C=O) groups excluding carboxylic acids is 1. The van der Waals surface area contributed by atoms with Gasteiger partial charge in [-0.25, -0.2) is 0 Å². The largest absolute Gasteiger partial charge is 0.481 e. The minimum absolute atomic E-state index is 0.0339. The molecule has 6 heteroatoms. The summed E-state index contributed by atoms with van der Waals surface area (Å²) in [6, 6.07) is 5.40. The molecule has 0 spiro atoms. The van der Waals surface area contributed by atoms with Crippen molar-refractivity contribution in [1.82, 2.24) is 5.32 Å². The Morgan fingerprint density at radius 1 is 1.38 bits per heavy atom. The summed E-state index contributed by atoms with van der Waals surface area (Å²) in [6.07, 6.45) is 3.11. The fraction of sp³-hybridized carbons (Fsp3) is 0.333. The molecule has 0 saturated carbocycles. The lowest BCUT2D eigenvalue weighted by Gasteiger charge is -2.08. The second-order valence-electron chi connectivity index (χ2n) is 4.89. The maximum atomic E-state index is 11.6. The molecule has 2 rings (SSSR count). The van der Waals surface area contributed by atoms with E-state index in [-0.39, 0.29) is 25.0 Å². The van der Waals surface area contributed by atoms with E-state index in [1.54, 1.807) is 25.1 Å². The molecule has 0 saturated heterocycles. The third-order valence-corrected chi connectivity index (χ3v) is 2.97. The third kappa shape index (κ3) is 4.52. The molecule has 112 valence electrons. The maximum Gasteiger partial charge on any atom is 0.303 e. The number of hydrogen-bond acceptors (Lipinski definition) is 4. The molecule has 1 atom stereocenters. The molecule has 6 nitrogen and oxygen atoms in total. The fourth-order valence-corrected chi connectivity index (χ4v) is 1.89. The Morgan fingerprint density at radius 3 is 2.90 bits per heavy atom. The van der Waals surface area contributed by atoms with Crippen molar-refractivity contribution >= 4 is 18.0 Å². The molecule has 0 fully saturated rings. The van der Waals surface area contributed by atoms with Gasteiger partial charge in [-0.15, -0.1) is 0 Å². The summed E-state index contributed by atoms with van der Waals surface area (Å²) in [7, 11) is 0. The van der Waals surface area contributed by atoms with Gasteiger partial charge < -0.3 is 19.9 Å². The highest BCUT2D eigenvalue weighted by molar-refractivity contribution is 5.91. The lowest BCUT2D eigenvalue weighted by Crippen LogP contribution is -2.27. The van der Waals surface area contributed by atoms with E-state index in [1.807, 2.05) is 6.07 Å². The first-order valence-electron chi connectivity index (χ1n) is 6.62. The van der Waals surface area contributed by atoms with E-state index >= 15 is 0 Å². The van der Waals surface area contributed by atoms with Crippen molar-refractivity contribution in [1.29, 1.82) is 0 Å². The van der Waals surface area contributed by atoms with Crippen LogP contribution in [0.5, 0.6) is 11.5 Å². The predicted octanol–water partition coefficient (Wildman–Crippen LogP) is 1.66. The van der Waals surface area contributed by atoms with Gasteiger partial charge in [0.2, 0.25) is 12.7 Å². The van der Waals surface area contributed by atoms with Gasteiger partial charge >= 0.3 is 5.97 Å². The Bertz CT molecular complexity index is 567. The molecule has 2 N–H and O–H groups in total. The lowest BCUT2D eigenvalue weighted by atomic mass is 10.1. The van der Waals surface area contributed by atoms with Crippen LogP contribution in [0.1, 0.15) is 18.9 Å². The number of carboxylic acids is 1. The quantitative estimate of drug-likeness (QED) is 0.779. The first-order chi connectivity index (χ1) is 10.0. The number of nitrogens with one attached hydrogen (secondary N) is 1. The highest BCUT2D eigenvalue weighted by Gasteiger charge is 2.12. The van der Waals surface area contributed by atoms with E-state index in [9.17, 15) is 9.59 Å². The van der Waals surface area contributed by atoms with E-state index < -0.39 is 5.97 Å². The van der Waals surface area contributed by atoms with Crippen LogP contribution in [0.15, 0.2) is 24.3 Å². The SMILES string of the molecule is CC(CNC(=O)/C=C/c1ccc2c(c1)OCO2)CC(=O)O. The Hall–Kier alpha value is -2.50. The number of benzene rings is 1. The van der Waals surface area contributed by atoms with Gasteiger partial charge in [0.15, 0.2) is 11.5 Å². The summed E-state index contributed by atoms with van der Waals surface area (Å²) >= 11 is 0. The number of hydrogen-bond donors (Lipinski definition) is 2. The third-order valence-electron chi connectivity index (χ3n) is 2.97. The first kappa shape index (κ1) is 14.9. The van der Waals surface area contributed by atoms with Crippen molar-refractivity contribution < 1.29 is 24.2 Å². The lowest BCUT2D eigenvalue weighted by molar-refractivity contribution is -0.138. The van der Waals surface area contributed by atoms with Crippen molar-refractivity contribution in [3.8, 4) is 11.5 Å². The number of aliphatic carboxylic acids is 1. The summed E-state index contributed by atoms with van der Waals surface area (Å²) in [4.78, 5) is 22.1. The van der Waals surface area contributed by atoms with Crippen molar-refractivity contribution in [2.45, 2.75) is 13.3 Å². The molecule has 1 aromatic carbocycles. The number of carbonyl (C=O) groups is 2. The average Bonchev–Trinajstić information content (AvgIpc) is 2.89. The van der Waals surface area contributed by atoms with Crippen LogP contribution in [0, 0.1) is 5.92 Å². The van der Waals surface area contributed by atoms with Crippen molar-refractivity contribution in [2.75, 3.05) is 13.3 Å². The van der Waals surface area contributed by atoms with Crippen LogP contribution in [0.25, 0.3) is 6.08 Å². The molecule has 0 bridgehead atoms. The van der Waals surface area contributed by atoms with Gasteiger partial charge in [-0.05, 0) is 29.7 Å². The van der Waals surface area contributed by atoms with Crippen LogP contribution < -0.4 is 14.8 Å². The molecule has 1 aliphatic heterocycles. The Labute approximate surface area is 122 Å². The maximum absolute atomic E-state index is 11.6. The molecule has 0 aliphatic carbocycles. The standard InChI is InChI=1S/C15H17NO5/c1-10(6-15(18)19)8-16-14(17)5-3-11-2-4-12-13(7-11)21-9-20-12/h2-5,7,10H,6,8-9H2,1H3,(H,16,17)(H,18,19)/b5-3+. The second-order valence-corrected chi connectivity index (χ2v) is 4.89. The summed E-state index contributed by atoms with van der Waals surface area (Å²) in [5.74, 6) is 0.120.